The number of amides is 2. The second-order valence-corrected chi connectivity index (χ2v) is 9.99. The number of hydrogen-bond acceptors (Lipinski definition) is 2. The Labute approximate surface area is 154 Å². The van der Waals surface area contributed by atoms with Crippen LogP contribution in [-0.4, -0.2) is 24.4 Å². The van der Waals surface area contributed by atoms with E-state index < -0.39 is 0 Å². The fourth-order valence-corrected chi connectivity index (χ4v) is 4.07. The van der Waals surface area contributed by atoms with Crippen molar-refractivity contribution in [3.8, 4) is 0 Å². The molecule has 1 saturated carbocycles. The van der Waals surface area contributed by atoms with Gasteiger partial charge in [-0.2, -0.15) is 0 Å². The van der Waals surface area contributed by atoms with Gasteiger partial charge in [-0.25, -0.2) is 0 Å². The second kappa shape index (κ2) is 8.09. The van der Waals surface area contributed by atoms with Crippen molar-refractivity contribution >= 4 is 11.8 Å². The molecule has 0 aliphatic heterocycles. The minimum atomic E-state index is -0.331. The number of carbonyl (C=O) groups is 2. The Bertz CT molecular complexity index is 484. The molecule has 25 heavy (non-hydrogen) atoms. The van der Waals surface area contributed by atoms with Crippen molar-refractivity contribution in [2.45, 2.75) is 93.5 Å². The van der Waals surface area contributed by atoms with Crippen molar-refractivity contribution in [2.75, 3.05) is 6.54 Å². The highest BCUT2D eigenvalue weighted by atomic mass is 16.2. The highest BCUT2D eigenvalue weighted by Crippen LogP contribution is 2.46. The molecule has 0 aromatic carbocycles. The van der Waals surface area contributed by atoms with Gasteiger partial charge in [0, 0.05) is 23.9 Å². The molecule has 1 fully saturated rings. The van der Waals surface area contributed by atoms with Gasteiger partial charge < -0.3 is 10.6 Å². The number of nitrogens with one attached hydrogen (secondary N) is 2. The maximum absolute atomic E-state index is 12.6. The molecule has 0 radical (unpaired) electrons. The molecular formula is C21H40N2O2. The Morgan fingerprint density at radius 3 is 2.28 bits per heavy atom. The quantitative estimate of drug-likeness (QED) is 0.718. The maximum atomic E-state index is 12.6. The van der Waals surface area contributed by atoms with Crippen LogP contribution in [0.2, 0.25) is 0 Å². The summed E-state index contributed by atoms with van der Waals surface area (Å²) in [5.74, 6) is 0.338. The van der Waals surface area contributed by atoms with Crippen LogP contribution in [0.3, 0.4) is 0 Å². The van der Waals surface area contributed by atoms with Crippen LogP contribution in [-0.2, 0) is 9.59 Å². The van der Waals surface area contributed by atoms with Crippen LogP contribution >= 0.6 is 0 Å². The molecule has 4 nitrogen and oxygen atoms in total. The average Bonchev–Trinajstić information content (AvgIpc) is 2.49. The molecule has 1 rings (SSSR count). The molecule has 1 aliphatic carbocycles. The molecule has 0 heterocycles. The van der Waals surface area contributed by atoms with E-state index in [9.17, 15) is 9.59 Å². The van der Waals surface area contributed by atoms with Gasteiger partial charge in [0.2, 0.25) is 11.8 Å². The minimum Gasteiger partial charge on any atom is -0.355 e. The highest BCUT2D eigenvalue weighted by Gasteiger charge is 2.42. The van der Waals surface area contributed by atoms with Crippen LogP contribution in [0.1, 0.15) is 87.5 Å². The summed E-state index contributed by atoms with van der Waals surface area (Å²) < 4.78 is 0. The van der Waals surface area contributed by atoms with E-state index >= 15 is 0 Å². The lowest BCUT2D eigenvalue weighted by molar-refractivity contribution is -0.131. The van der Waals surface area contributed by atoms with Gasteiger partial charge in [0.1, 0.15) is 0 Å². The van der Waals surface area contributed by atoms with E-state index in [2.05, 4.69) is 38.3 Å². The molecule has 3 atom stereocenters. The summed E-state index contributed by atoms with van der Waals surface area (Å²) in [5.41, 5.74) is -0.162. The van der Waals surface area contributed by atoms with Gasteiger partial charge in [0.05, 0.1) is 0 Å². The lowest BCUT2D eigenvalue weighted by atomic mass is 9.62. The number of rotatable bonds is 7. The number of hydrogen-bond donors (Lipinski definition) is 2. The van der Waals surface area contributed by atoms with E-state index in [0.29, 0.717) is 6.54 Å². The predicted octanol–water partition coefficient (Wildman–Crippen LogP) is 4.29. The van der Waals surface area contributed by atoms with Gasteiger partial charge in [0.15, 0.2) is 0 Å². The van der Waals surface area contributed by atoms with Gasteiger partial charge in [0.25, 0.3) is 0 Å². The fraction of sp³-hybridized carbons (Fsp3) is 0.905. The first-order valence-corrected chi connectivity index (χ1v) is 9.93. The molecule has 2 amide bonds. The van der Waals surface area contributed by atoms with Crippen molar-refractivity contribution in [3.05, 3.63) is 0 Å². The lowest BCUT2D eigenvalue weighted by Crippen LogP contribution is -2.52. The third kappa shape index (κ3) is 6.31. The first-order chi connectivity index (χ1) is 11.3. The van der Waals surface area contributed by atoms with Gasteiger partial charge in [-0.3, -0.25) is 9.59 Å². The predicted molar refractivity (Wildman–Crippen MR) is 104 cm³/mol. The van der Waals surface area contributed by atoms with Crippen molar-refractivity contribution in [2.24, 2.45) is 22.2 Å². The topological polar surface area (TPSA) is 58.2 Å². The van der Waals surface area contributed by atoms with E-state index in [0.717, 1.165) is 32.1 Å². The molecule has 0 spiro atoms. The summed E-state index contributed by atoms with van der Waals surface area (Å²) in [6.45, 7) is 17.5. The molecule has 3 unspecified atom stereocenters. The number of carbonyl (C=O) groups excluding carboxylic acids is 2. The van der Waals surface area contributed by atoms with Gasteiger partial charge in [-0.1, -0.05) is 55.4 Å². The Morgan fingerprint density at radius 1 is 1.16 bits per heavy atom. The third-order valence-corrected chi connectivity index (χ3v) is 6.03. The van der Waals surface area contributed by atoms with Gasteiger partial charge in [-0.05, 0) is 42.9 Å². The standard InChI is InChI=1S/C21H40N2O2/c1-9-15(3)17(24)22-14-21(8)12-16(11-19(4,5)13-21)23-18(25)20(6,7)10-2/h15-16H,9-14H2,1-8H3,(H,22,24)(H,23,25). The zero-order valence-corrected chi connectivity index (χ0v) is 17.7. The van der Waals surface area contributed by atoms with Crippen molar-refractivity contribution in [1.29, 1.82) is 0 Å². The Kier molecular flexibility index (Phi) is 7.12. The lowest BCUT2D eigenvalue weighted by Gasteiger charge is -2.47. The first-order valence-electron chi connectivity index (χ1n) is 9.93. The van der Waals surface area contributed by atoms with E-state index in [1.807, 2.05) is 27.7 Å². The summed E-state index contributed by atoms with van der Waals surface area (Å²) in [7, 11) is 0. The molecule has 0 bridgehead atoms. The molecule has 146 valence electrons. The van der Waals surface area contributed by atoms with Gasteiger partial charge in [-0.15, -0.1) is 0 Å². The monoisotopic (exact) mass is 352 g/mol. The molecule has 2 N–H and O–H groups in total. The van der Waals surface area contributed by atoms with Crippen LogP contribution in [0.4, 0.5) is 0 Å². The van der Waals surface area contributed by atoms with Crippen LogP contribution in [0, 0.1) is 22.2 Å². The Balaban J connectivity index is 2.78. The first kappa shape index (κ1) is 22.0. The Hall–Kier alpha value is -1.06. The highest BCUT2D eigenvalue weighted by molar-refractivity contribution is 5.82. The molecule has 4 heteroatoms. The summed E-state index contributed by atoms with van der Waals surface area (Å²) in [6.07, 6.45) is 4.66. The third-order valence-electron chi connectivity index (χ3n) is 6.03. The maximum Gasteiger partial charge on any atom is 0.225 e. The summed E-state index contributed by atoms with van der Waals surface area (Å²) in [5, 5.41) is 6.44. The minimum absolute atomic E-state index is 0.0131. The van der Waals surface area contributed by atoms with E-state index in [-0.39, 0.29) is 40.0 Å². The molecule has 0 aromatic rings. The summed E-state index contributed by atoms with van der Waals surface area (Å²) >= 11 is 0. The van der Waals surface area contributed by atoms with Gasteiger partial charge >= 0.3 is 0 Å². The Morgan fingerprint density at radius 2 is 1.76 bits per heavy atom. The zero-order chi connectivity index (χ0) is 19.5. The van der Waals surface area contributed by atoms with E-state index in [1.165, 1.54) is 0 Å². The fourth-order valence-electron chi connectivity index (χ4n) is 4.07. The molecular weight excluding hydrogens is 312 g/mol. The molecule has 0 aromatic heterocycles. The average molecular weight is 353 g/mol. The van der Waals surface area contributed by atoms with Crippen LogP contribution in [0.15, 0.2) is 0 Å². The smallest absolute Gasteiger partial charge is 0.225 e. The SMILES string of the molecule is CCC(C)C(=O)NCC1(C)CC(NC(=O)C(C)(C)CC)CC(C)(C)C1. The molecule has 1 aliphatic rings. The molecule has 0 saturated heterocycles. The largest absolute Gasteiger partial charge is 0.355 e. The van der Waals surface area contributed by atoms with Crippen molar-refractivity contribution < 1.29 is 9.59 Å². The van der Waals surface area contributed by atoms with E-state index in [1.54, 1.807) is 0 Å². The second-order valence-electron chi connectivity index (χ2n) is 9.99. The van der Waals surface area contributed by atoms with E-state index in [4.69, 9.17) is 0 Å². The normalized spacial score (nSPS) is 27.4. The summed E-state index contributed by atoms with van der Waals surface area (Å²) in [6, 6.07) is 0.174. The van der Waals surface area contributed by atoms with Crippen LogP contribution in [0.25, 0.3) is 0 Å². The van der Waals surface area contributed by atoms with Crippen LogP contribution < -0.4 is 10.6 Å². The van der Waals surface area contributed by atoms with Crippen LogP contribution in [0.5, 0.6) is 0 Å². The van der Waals surface area contributed by atoms with Crippen molar-refractivity contribution in [3.63, 3.8) is 0 Å². The zero-order valence-electron chi connectivity index (χ0n) is 17.7. The summed E-state index contributed by atoms with van der Waals surface area (Å²) in [4.78, 5) is 24.8. The van der Waals surface area contributed by atoms with Crippen molar-refractivity contribution in [1.82, 2.24) is 10.6 Å².